The predicted molar refractivity (Wildman–Crippen MR) is 161 cm³/mol. The number of carbonyl (C=O) groups is 1. The fourth-order valence-corrected chi connectivity index (χ4v) is 6.41. The molecule has 7 rings (SSSR count). The van der Waals surface area contributed by atoms with E-state index in [2.05, 4.69) is 20.4 Å². The summed E-state index contributed by atoms with van der Waals surface area (Å²) in [5.41, 5.74) is 4.00. The maximum absolute atomic E-state index is 14.8. The molecule has 0 aliphatic carbocycles. The van der Waals surface area contributed by atoms with Gasteiger partial charge in [-0.1, -0.05) is 24.3 Å². The number of piperidine rings is 1. The van der Waals surface area contributed by atoms with Gasteiger partial charge in [0.25, 0.3) is 0 Å². The SMILES string of the molecule is [C-]#[N+]c1ccc([C@@H]2COc3cccc(C4CCN(Cc5nc6ccc(C(=O)OC)cc6n5C[C@@H]5CCO5)CC4)c3O2)c(F)c1. The lowest BCUT2D eigenvalue weighted by Gasteiger charge is -2.35. The van der Waals surface area contributed by atoms with Gasteiger partial charge in [0.2, 0.25) is 0 Å². The van der Waals surface area contributed by atoms with Crippen molar-refractivity contribution >= 4 is 22.7 Å². The second-order valence-electron chi connectivity index (χ2n) is 11.6. The average Bonchev–Trinajstić information content (AvgIpc) is 3.37. The van der Waals surface area contributed by atoms with Gasteiger partial charge >= 0.3 is 5.97 Å². The summed E-state index contributed by atoms with van der Waals surface area (Å²) in [6.07, 6.45) is 2.42. The van der Waals surface area contributed by atoms with E-state index in [1.807, 2.05) is 24.3 Å². The van der Waals surface area contributed by atoms with E-state index < -0.39 is 11.9 Å². The van der Waals surface area contributed by atoms with E-state index in [9.17, 15) is 9.18 Å². The highest BCUT2D eigenvalue weighted by molar-refractivity contribution is 5.93. The van der Waals surface area contributed by atoms with Gasteiger partial charge < -0.3 is 23.5 Å². The van der Waals surface area contributed by atoms with Crippen LogP contribution in [0.3, 0.4) is 0 Å². The quantitative estimate of drug-likeness (QED) is 0.186. The minimum Gasteiger partial charge on any atom is -0.485 e. The van der Waals surface area contributed by atoms with E-state index in [1.165, 1.54) is 13.2 Å². The number of rotatable bonds is 7. The van der Waals surface area contributed by atoms with Crippen LogP contribution in [-0.2, 0) is 22.6 Å². The summed E-state index contributed by atoms with van der Waals surface area (Å²) in [7, 11) is 1.39. The first-order valence-corrected chi connectivity index (χ1v) is 15.0. The van der Waals surface area contributed by atoms with Crippen molar-refractivity contribution in [1.82, 2.24) is 14.5 Å². The van der Waals surface area contributed by atoms with Crippen LogP contribution in [0.1, 0.15) is 58.6 Å². The molecule has 0 spiro atoms. The van der Waals surface area contributed by atoms with Gasteiger partial charge in [0, 0.05) is 17.7 Å². The summed E-state index contributed by atoms with van der Waals surface area (Å²) in [6, 6.07) is 15.9. The summed E-state index contributed by atoms with van der Waals surface area (Å²) >= 11 is 0. The zero-order valence-corrected chi connectivity index (χ0v) is 24.5. The first-order chi connectivity index (χ1) is 21.5. The molecular formula is C34H33FN4O5. The highest BCUT2D eigenvalue weighted by atomic mass is 19.1. The van der Waals surface area contributed by atoms with E-state index in [4.69, 9.17) is 30.5 Å². The van der Waals surface area contributed by atoms with Crippen LogP contribution in [0, 0.1) is 12.4 Å². The summed E-state index contributed by atoms with van der Waals surface area (Å²) in [5.74, 6) is 1.76. The molecule has 0 bridgehead atoms. The zero-order valence-electron chi connectivity index (χ0n) is 24.5. The second-order valence-corrected chi connectivity index (χ2v) is 11.6. The third kappa shape index (κ3) is 5.38. The maximum Gasteiger partial charge on any atom is 0.337 e. The monoisotopic (exact) mass is 596 g/mol. The number of esters is 1. The van der Waals surface area contributed by atoms with E-state index in [0.29, 0.717) is 35.7 Å². The van der Waals surface area contributed by atoms with Crippen molar-refractivity contribution in [1.29, 1.82) is 0 Å². The van der Waals surface area contributed by atoms with Gasteiger partial charge in [0.05, 0.1) is 49.5 Å². The van der Waals surface area contributed by atoms with E-state index in [-0.39, 0.29) is 30.3 Å². The molecule has 3 aliphatic rings. The summed E-state index contributed by atoms with van der Waals surface area (Å²) < 4.78 is 40.1. The molecule has 3 aromatic carbocycles. The molecule has 0 N–H and O–H groups in total. The number of aromatic nitrogens is 2. The smallest absolute Gasteiger partial charge is 0.337 e. The number of para-hydroxylation sites is 1. The van der Waals surface area contributed by atoms with Crippen LogP contribution in [0.25, 0.3) is 15.9 Å². The van der Waals surface area contributed by atoms with Gasteiger partial charge in [0.15, 0.2) is 23.3 Å². The molecule has 9 nitrogen and oxygen atoms in total. The van der Waals surface area contributed by atoms with Crippen molar-refractivity contribution in [2.75, 3.05) is 33.4 Å². The average molecular weight is 597 g/mol. The number of nitrogens with zero attached hydrogens (tertiary/aromatic N) is 4. The first-order valence-electron chi connectivity index (χ1n) is 15.0. The zero-order chi connectivity index (χ0) is 30.2. The number of imidazole rings is 1. The fraction of sp³-hybridized carbons (Fsp3) is 0.382. The molecule has 3 aliphatic heterocycles. The number of likely N-dealkylation sites (tertiary alicyclic amines) is 1. The summed E-state index contributed by atoms with van der Waals surface area (Å²) in [4.78, 5) is 22.9. The molecule has 226 valence electrons. The lowest BCUT2D eigenvalue weighted by Crippen LogP contribution is -2.35. The Bertz CT molecular complexity index is 1750. The van der Waals surface area contributed by atoms with Crippen LogP contribution in [0.15, 0.2) is 54.6 Å². The molecule has 4 aromatic rings. The molecule has 0 radical (unpaired) electrons. The number of carbonyl (C=O) groups excluding carboxylic acids is 1. The number of hydrogen-bond donors (Lipinski definition) is 0. The first kappa shape index (κ1) is 28.3. The largest absolute Gasteiger partial charge is 0.485 e. The van der Waals surface area contributed by atoms with Crippen LogP contribution < -0.4 is 9.47 Å². The Balaban J connectivity index is 1.07. The van der Waals surface area contributed by atoms with Crippen molar-refractivity contribution in [2.24, 2.45) is 0 Å². The molecule has 2 fully saturated rings. The standard InChI is InChI=1S/C34H33FN4O5/c1-36-23-7-8-26(27(35)17-23)31-20-43-30-5-3-4-25(33(30)44-31)21-10-13-38(14-11-21)19-32-37-28-9-6-22(34(40)41-2)16-29(28)39(32)18-24-12-15-42-24/h3-9,16-17,21,24,31H,10-15,18-20H2,2H3/t24-,31-/m0/s1. The molecule has 1 aromatic heterocycles. The highest BCUT2D eigenvalue weighted by Crippen LogP contribution is 2.45. The fourth-order valence-electron chi connectivity index (χ4n) is 6.41. The van der Waals surface area contributed by atoms with Gasteiger partial charge in [-0.3, -0.25) is 4.90 Å². The number of ether oxygens (including phenoxy) is 4. The number of fused-ring (bicyclic) bond motifs is 2. The minimum absolute atomic E-state index is 0.146. The Labute approximate surface area is 254 Å². The summed E-state index contributed by atoms with van der Waals surface area (Å²) in [5, 5.41) is 0. The Kier molecular flexibility index (Phi) is 7.66. The molecule has 0 unspecified atom stereocenters. The van der Waals surface area contributed by atoms with Crippen molar-refractivity contribution in [2.45, 2.75) is 50.5 Å². The number of benzene rings is 3. The Morgan fingerprint density at radius 2 is 1.95 bits per heavy atom. The van der Waals surface area contributed by atoms with Gasteiger partial charge in [0.1, 0.15) is 18.2 Å². The van der Waals surface area contributed by atoms with Crippen LogP contribution in [0.2, 0.25) is 0 Å². The van der Waals surface area contributed by atoms with Crippen LogP contribution in [-0.4, -0.2) is 59.9 Å². The Morgan fingerprint density at radius 3 is 2.68 bits per heavy atom. The van der Waals surface area contributed by atoms with Crippen molar-refractivity contribution < 1.29 is 28.1 Å². The topological polar surface area (TPSA) is 79.4 Å². The second kappa shape index (κ2) is 11.9. The number of halogens is 1. The minimum atomic E-state index is -0.587. The van der Waals surface area contributed by atoms with Gasteiger partial charge in [-0.15, -0.1) is 0 Å². The molecule has 2 saturated heterocycles. The predicted octanol–water partition coefficient (Wildman–Crippen LogP) is 6.19. The normalized spacial score (nSPS) is 20.2. The Hall–Kier alpha value is -4.46. The van der Waals surface area contributed by atoms with Crippen molar-refractivity contribution in [3.05, 3.63) is 94.3 Å². The molecular weight excluding hydrogens is 563 g/mol. The molecule has 10 heteroatoms. The number of hydrogen-bond acceptors (Lipinski definition) is 7. The lowest BCUT2D eigenvalue weighted by atomic mass is 9.88. The molecule has 0 amide bonds. The third-order valence-corrected chi connectivity index (χ3v) is 8.94. The van der Waals surface area contributed by atoms with Crippen LogP contribution >= 0.6 is 0 Å². The molecule has 44 heavy (non-hydrogen) atoms. The lowest BCUT2D eigenvalue weighted by molar-refractivity contribution is -0.0592. The van der Waals surface area contributed by atoms with Gasteiger partial charge in [-0.25, -0.2) is 19.0 Å². The molecule has 0 saturated carbocycles. The summed E-state index contributed by atoms with van der Waals surface area (Å²) in [6.45, 7) is 11.3. The third-order valence-electron chi connectivity index (χ3n) is 8.94. The molecule has 4 heterocycles. The van der Waals surface area contributed by atoms with E-state index in [1.54, 1.807) is 18.2 Å². The van der Waals surface area contributed by atoms with Crippen molar-refractivity contribution in [3.63, 3.8) is 0 Å². The van der Waals surface area contributed by atoms with E-state index >= 15 is 0 Å². The van der Waals surface area contributed by atoms with Crippen molar-refractivity contribution in [3.8, 4) is 11.5 Å². The van der Waals surface area contributed by atoms with Crippen LogP contribution in [0.4, 0.5) is 10.1 Å². The molecule has 2 atom stereocenters. The van der Waals surface area contributed by atoms with Gasteiger partial charge in [-0.2, -0.15) is 0 Å². The Morgan fingerprint density at radius 1 is 1.11 bits per heavy atom. The highest BCUT2D eigenvalue weighted by Gasteiger charge is 2.31. The van der Waals surface area contributed by atoms with Crippen LogP contribution in [0.5, 0.6) is 11.5 Å². The number of methoxy groups -OCH3 is 1. The van der Waals surface area contributed by atoms with Gasteiger partial charge in [-0.05, 0) is 68.6 Å². The maximum atomic E-state index is 14.8. The van der Waals surface area contributed by atoms with E-state index in [0.717, 1.165) is 61.4 Å².